The maximum atomic E-state index is 11.9. The standard InChI is InChI=1S/C15H18N5O2/c1-20(14(21)6-5-13-10-16-11-19-13)15(22)18-9-7-12-4-2-3-8-17-12/h2-4,6,8,10-11H,5,7,9H2,1H3,(H,16,19)(H,18,22). The molecule has 0 aliphatic rings. The van der Waals surface area contributed by atoms with E-state index in [1.165, 1.54) is 13.5 Å². The second kappa shape index (κ2) is 7.92. The van der Waals surface area contributed by atoms with Crippen LogP contribution in [0.25, 0.3) is 0 Å². The summed E-state index contributed by atoms with van der Waals surface area (Å²) in [7, 11) is 1.44. The molecule has 0 saturated heterocycles. The number of nitrogens with one attached hydrogen (secondary N) is 2. The molecule has 0 unspecified atom stereocenters. The summed E-state index contributed by atoms with van der Waals surface area (Å²) in [5.74, 6) is -0.363. The SMILES string of the molecule is CN(C(=O)[CH]Cc1c[nH]cn1)C(=O)NCCc1ccccn1. The molecular weight excluding hydrogens is 282 g/mol. The molecule has 0 bridgehead atoms. The van der Waals surface area contributed by atoms with E-state index in [0.717, 1.165) is 16.3 Å². The Morgan fingerprint density at radius 2 is 2.18 bits per heavy atom. The van der Waals surface area contributed by atoms with Crippen LogP contribution in [0.3, 0.4) is 0 Å². The molecule has 1 radical (unpaired) electrons. The first-order chi connectivity index (χ1) is 10.7. The van der Waals surface area contributed by atoms with Crippen molar-refractivity contribution in [1.82, 2.24) is 25.2 Å². The van der Waals surface area contributed by atoms with E-state index >= 15 is 0 Å². The summed E-state index contributed by atoms with van der Waals surface area (Å²) >= 11 is 0. The normalized spacial score (nSPS) is 10.2. The van der Waals surface area contributed by atoms with E-state index in [9.17, 15) is 9.59 Å². The molecule has 0 aromatic carbocycles. The Morgan fingerprint density at radius 1 is 1.32 bits per heavy atom. The maximum Gasteiger partial charge on any atom is 0.323 e. The molecular formula is C15H18N5O2. The van der Waals surface area contributed by atoms with Crippen LogP contribution in [0, 0.1) is 6.42 Å². The quantitative estimate of drug-likeness (QED) is 0.831. The second-order valence-corrected chi connectivity index (χ2v) is 4.67. The highest BCUT2D eigenvalue weighted by molar-refractivity contribution is 5.98. The number of rotatable bonds is 6. The van der Waals surface area contributed by atoms with Gasteiger partial charge in [-0.05, 0) is 12.1 Å². The number of amides is 3. The monoisotopic (exact) mass is 300 g/mol. The summed E-state index contributed by atoms with van der Waals surface area (Å²) in [5, 5.41) is 2.69. The number of nitrogens with zero attached hydrogens (tertiary/aromatic N) is 3. The van der Waals surface area contributed by atoms with Crippen molar-refractivity contribution in [2.45, 2.75) is 12.8 Å². The van der Waals surface area contributed by atoms with Crippen LogP contribution in [-0.2, 0) is 17.6 Å². The Kier molecular flexibility index (Phi) is 5.65. The first-order valence-electron chi connectivity index (χ1n) is 6.93. The van der Waals surface area contributed by atoms with Gasteiger partial charge in [-0.2, -0.15) is 0 Å². The molecule has 0 atom stereocenters. The van der Waals surface area contributed by atoms with Gasteiger partial charge in [0.25, 0.3) is 0 Å². The van der Waals surface area contributed by atoms with Crippen molar-refractivity contribution in [2.75, 3.05) is 13.6 Å². The van der Waals surface area contributed by atoms with Crippen LogP contribution in [0.5, 0.6) is 0 Å². The van der Waals surface area contributed by atoms with Gasteiger partial charge in [0.1, 0.15) is 0 Å². The lowest BCUT2D eigenvalue weighted by atomic mass is 10.2. The van der Waals surface area contributed by atoms with Gasteiger partial charge >= 0.3 is 6.03 Å². The average Bonchev–Trinajstić information content (AvgIpc) is 3.06. The first-order valence-corrected chi connectivity index (χ1v) is 6.93. The average molecular weight is 300 g/mol. The molecule has 0 aliphatic heterocycles. The van der Waals surface area contributed by atoms with Crippen LogP contribution in [0.2, 0.25) is 0 Å². The highest BCUT2D eigenvalue weighted by atomic mass is 16.2. The van der Waals surface area contributed by atoms with Crippen LogP contribution >= 0.6 is 0 Å². The number of imide groups is 1. The van der Waals surface area contributed by atoms with Gasteiger partial charge in [0.05, 0.1) is 18.4 Å². The smallest absolute Gasteiger partial charge is 0.323 e. The summed E-state index contributed by atoms with van der Waals surface area (Å²) in [6, 6.07) is 5.19. The van der Waals surface area contributed by atoms with Crippen molar-refractivity contribution >= 4 is 11.9 Å². The Balaban J connectivity index is 1.70. The van der Waals surface area contributed by atoms with E-state index in [1.54, 1.807) is 18.7 Å². The number of hydrogen-bond acceptors (Lipinski definition) is 4. The molecule has 0 aliphatic carbocycles. The van der Waals surface area contributed by atoms with Gasteiger partial charge in [-0.15, -0.1) is 0 Å². The van der Waals surface area contributed by atoms with Gasteiger partial charge in [-0.25, -0.2) is 9.78 Å². The zero-order chi connectivity index (χ0) is 15.8. The molecule has 2 heterocycles. The van der Waals surface area contributed by atoms with Gasteiger partial charge in [0.15, 0.2) is 0 Å². The lowest BCUT2D eigenvalue weighted by Crippen LogP contribution is -2.42. The van der Waals surface area contributed by atoms with E-state index in [2.05, 4.69) is 20.3 Å². The van der Waals surface area contributed by atoms with E-state index in [0.29, 0.717) is 19.4 Å². The van der Waals surface area contributed by atoms with E-state index in [-0.39, 0.29) is 5.91 Å². The molecule has 115 valence electrons. The molecule has 7 nitrogen and oxygen atoms in total. The number of imidazole rings is 1. The van der Waals surface area contributed by atoms with Crippen molar-refractivity contribution in [2.24, 2.45) is 0 Å². The van der Waals surface area contributed by atoms with Crippen molar-refractivity contribution < 1.29 is 9.59 Å². The third-order valence-corrected chi connectivity index (χ3v) is 3.06. The molecule has 3 amide bonds. The van der Waals surface area contributed by atoms with Crippen molar-refractivity contribution in [1.29, 1.82) is 0 Å². The van der Waals surface area contributed by atoms with Crippen LogP contribution < -0.4 is 5.32 Å². The molecule has 0 spiro atoms. The number of carbonyl (C=O) groups is 2. The zero-order valence-electron chi connectivity index (χ0n) is 12.3. The lowest BCUT2D eigenvalue weighted by molar-refractivity contribution is -0.123. The number of carbonyl (C=O) groups excluding carboxylic acids is 2. The number of pyridine rings is 1. The molecule has 2 N–H and O–H groups in total. The number of urea groups is 1. The minimum Gasteiger partial charge on any atom is -0.351 e. The van der Waals surface area contributed by atoms with E-state index in [1.807, 2.05) is 18.2 Å². The van der Waals surface area contributed by atoms with Crippen molar-refractivity contribution in [3.63, 3.8) is 0 Å². The molecule has 7 heteroatoms. The molecule has 22 heavy (non-hydrogen) atoms. The fraction of sp³-hybridized carbons (Fsp3) is 0.267. The Bertz CT molecular complexity index is 598. The van der Waals surface area contributed by atoms with Gasteiger partial charge in [-0.1, -0.05) is 6.07 Å². The largest absolute Gasteiger partial charge is 0.351 e. The number of H-pyrrole nitrogens is 1. The summed E-state index contributed by atoms with van der Waals surface area (Å²) in [6.07, 6.45) is 7.38. The molecule has 0 saturated carbocycles. The third-order valence-electron chi connectivity index (χ3n) is 3.06. The summed E-state index contributed by atoms with van der Waals surface area (Å²) in [6.45, 7) is 0.423. The molecule has 2 aromatic heterocycles. The van der Waals surface area contributed by atoms with Crippen molar-refractivity contribution in [3.05, 3.63) is 54.7 Å². The predicted molar refractivity (Wildman–Crippen MR) is 80.7 cm³/mol. The minimum absolute atomic E-state index is 0.363. The lowest BCUT2D eigenvalue weighted by Gasteiger charge is -2.15. The van der Waals surface area contributed by atoms with Gasteiger partial charge in [-0.3, -0.25) is 14.7 Å². The molecule has 2 aromatic rings. The second-order valence-electron chi connectivity index (χ2n) is 4.67. The predicted octanol–water partition coefficient (Wildman–Crippen LogP) is 0.962. The molecule has 2 rings (SSSR count). The Morgan fingerprint density at radius 3 is 2.86 bits per heavy atom. The minimum atomic E-state index is -0.431. The van der Waals surface area contributed by atoms with Crippen LogP contribution in [0.15, 0.2) is 36.9 Å². The van der Waals surface area contributed by atoms with Gasteiger partial charge < -0.3 is 10.3 Å². The number of hydrogen-bond donors (Lipinski definition) is 2. The zero-order valence-corrected chi connectivity index (χ0v) is 12.3. The third kappa shape index (κ3) is 4.69. The molecule has 0 fully saturated rings. The summed E-state index contributed by atoms with van der Waals surface area (Å²) in [5.41, 5.74) is 1.64. The van der Waals surface area contributed by atoms with Gasteiger partial charge in [0, 0.05) is 44.5 Å². The van der Waals surface area contributed by atoms with E-state index in [4.69, 9.17) is 0 Å². The van der Waals surface area contributed by atoms with Crippen molar-refractivity contribution in [3.8, 4) is 0 Å². The highest BCUT2D eigenvalue weighted by Crippen LogP contribution is 1.99. The highest BCUT2D eigenvalue weighted by Gasteiger charge is 2.16. The number of aromatic amines is 1. The van der Waals surface area contributed by atoms with E-state index < -0.39 is 6.03 Å². The van der Waals surface area contributed by atoms with Gasteiger partial charge in [0.2, 0.25) is 5.91 Å². The maximum absolute atomic E-state index is 11.9. The Labute approximate surface area is 128 Å². The van der Waals surface area contributed by atoms with Crippen LogP contribution in [0.4, 0.5) is 4.79 Å². The first kappa shape index (κ1) is 15.7. The fourth-order valence-corrected chi connectivity index (χ4v) is 1.79. The topological polar surface area (TPSA) is 91.0 Å². The fourth-order valence-electron chi connectivity index (χ4n) is 1.79. The number of aromatic nitrogens is 3. The Hall–Kier alpha value is -2.70. The van der Waals surface area contributed by atoms with Crippen LogP contribution in [0.1, 0.15) is 11.4 Å². The summed E-state index contributed by atoms with van der Waals surface area (Å²) < 4.78 is 0. The summed E-state index contributed by atoms with van der Waals surface area (Å²) in [4.78, 5) is 35.8. The van der Waals surface area contributed by atoms with Crippen LogP contribution in [-0.4, -0.2) is 45.4 Å².